The molecular formula is C17H19BrN2O4S2. The molecule has 0 amide bonds. The molecule has 2 saturated heterocycles. The monoisotopic (exact) mass is 458 g/mol. The van der Waals surface area contributed by atoms with Crippen LogP contribution in [0.3, 0.4) is 0 Å². The Morgan fingerprint density at radius 1 is 1.12 bits per heavy atom. The molecular weight excluding hydrogens is 440 g/mol. The molecule has 2 aliphatic heterocycles. The van der Waals surface area contributed by atoms with Crippen LogP contribution < -0.4 is 0 Å². The molecule has 1 aromatic heterocycles. The highest BCUT2D eigenvalue weighted by Crippen LogP contribution is 2.31. The number of piperidine rings is 1. The third kappa shape index (κ3) is 3.74. The fourth-order valence-electron chi connectivity index (χ4n) is 3.27. The number of hydrogen-bond acceptors (Lipinski definition) is 6. The molecule has 0 atom stereocenters. The molecule has 0 unspecified atom stereocenters. The van der Waals surface area contributed by atoms with Gasteiger partial charge in [-0.1, -0.05) is 28.1 Å². The van der Waals surface area contributed by atoms with E-state index < -0.39 is 10.0 Å². The zero-order valence-corrected chi connectivity index (χ0v) is 17.2. The molecule has 0 N–H and O–H groups in total. The summed E-state index contributed by atoms with van der Waals surface area (Å²) in [6.45, 7) is 2.20. The van der Waals surface area contributed by atoms with Crippen LogP contribution in [0.5, 0.6) is 0 Å². The summed E-state index contributed by atoms with van der Waals surface area (Å²) in [6.07, 6.45) is 1.31. The molecule has 0 bridgehead atoms. The molecule has 2 aromatic rings. The van der Waals surface area contributed by atoms with Crippen LogP contribution in [0.25, 0.3) is 10.6 Å². The van der Waals surface area contributed by atoms with Gasteiger partial charge in [-0.2, -0.15) is 4.31 Å². The van der Waals surface area contributed by atoms with Crippen LogP contribution in [0.2, 0.25) is 0 Å². The number of halogens is 1. The molecule has 9 heteroatoms. The summed E-state index contributed by atoms with van der Waals surface area (Å²) in [7, 11) is -3.56. The quantitative estimate of drug-likeness (QED) is 0.702. The number of aromatic nitrogens is 1. The van der Waals surface area contributed by atoms with Crippen molar-refractivity contribution in [3.05, 3.63) is 34.1 Å². The minimum atomic E-state index is -3.56. The van der Waals surface area contributed by atoms with E-state index in [0.717, 1.165) is 22.9 Å². The van der Waals surface area contributed by atoms with Crippen molar-refractivity contribution >= 4 is 37.3 Å². The van der Waals surface area contributed by atoms with Crippen molar-refractivity contribution in [1.29, 1.82) is 0 Å². The molecule has 26 heavy (non-hydrogen) atoms. The summed E-state index contributed by atoms with van der Waals surface area (Å²) in [5.41, 5.74) is 0.911. The third-order valence-electron chi connectivity index (χ3n) is 4.71. The lowest BCUT2D eigenvalue weighted by atomic mass is 9.98. The fraction of sp³-hybridized carbons (Fsp3) is 0.471. The zero-order chi connectivity index (χ0) is 18.1. The van der Waals surface area contributed by atoms with Crippen LogP contribution in [0.1, 0.15) is 12.8 Å². The first-order valence-corrected chi connectivity index (χ1v) is 11.6. The van der Waals surface area contributed by atoms with Crippen LogP contribution in [-0.4, -0.2) is 50.3 Å². The van der Waals surface area contributed by atoms with Gasteiger partial charge in [0.2, 0.25) is 0 Å². The Labute approximate surface area is 165 Å². The largest absolute Gasteiger partial charge is 0.350 e. The summed E-state index contributed by atoms with van der Waals surface area (Å²) < 4.78 is 39.4. The van der Waals surface area contributed by atoms with Crippen LogP contribution >= 0.6 is 27.3 Å². The van der Waals surface area contributed by atoms with Gasteiger partial charge in [0.15, 0.2) is 11.3 Å². The SMILES string of the molecule is O=S(=O)(c1csc(-c2ccc(Br)cc2)n1)N1CCC(C2OCCO2)CC1. The summed E-state index contributed by atoms with van der Waals surface area (Å²) in [6, 6.07) is 7.69. The van der Waals surface area contributed by atoms with Crippen molar-refractivity contribution < 1.29 is 17.9 Å². The van der Waals surface area contributed by atoms with Gasteiger partial charge in [0, 0.05) is 34.4 Å². The van der Waals surface area contributed by atoms with Crippen LogP contribution in [0.4, 0.5) is 0 Å². The smallest absolute Gasteiger partial charge is 0.261 e. The maximum absolute atomic E-state index is 12.9. The highest BCUT2D eigenvalue weighted by atomic mass is 79.9. The maximum atomic E-state index is 12.9. The normalized spacial score (nSPS) is 20.7. The van der Waals surface area contributed by atoms with E-state index in [9.17, 15) is 8.42 Å². The lowest BCUT2D eigenvalue weighted by Crippen LogP contribution is -2.41. The Bertz CT molecular complexity index is 855. The Hall–Kier alpha value is -0.840. The highest BCUT2D eigenvalue weighted by molar-refractivity contribution is 9.10. The van der Waals surface area contributed by atoms with Gasteiger partial charge in [-0.3, -0.25) is 0 Å². The number of nitrogens with zero attached hydrogens (tertiary/aromatic N) is 2. The molecule has 2 fully saturated rings. The van der Waals surface area contributed by atoms with Crippen molar-refractivity contribution in [2.45, 2.75) is 24.2 Å². The predicted molar refractivity (Wildman–Crippen MR) is 102 cm³/mol. The molecule has 4 rings (SSSR count). The van der Waals surface area contributed by atoms with E-state index in [0.29, 0.717) is 31.3 Å². The molecule has 0 saturated carbocycles. The van der Waals surface area contributed by atoms with Crippen molar-refractivity contribution in [2.24, 2.45) is 5.92 Å². The molecule has 0 spiro atoms. The standard InChI is InChI=1S/C17H19BrN2O4S2/c18-14-3-1-12(2-4-14)16-19-15(11-25-16)26(21,22)20-7-5-13(6-8-20)17-23-9-10-24-17/h1-4,11,13,17H,5-10H2. The van der Waals surface area contributed by atoms with Crippen LogP contribution in [0, 0.1) is 5.92 Å². The molecule has 2 aliphatic rings. The molecule has 140 valence electrons. The Balaban J connectivity index is 1.46. The van der Waals surface area contributed by atoms with E-state index in [1.165, 1.54) is 15.6 Å². The fourth-order valence-corrected chi connectivity index (χ4v) is 6.08. The van der Waals surface area contributed by atoms with E-state index in [1.807, 2.05) is 24.3 Å². The van der Waals surface area contributed by atoms with Gasteiger partial charge in [-0.05, 0) is 25.0 Å². The van der Waals surface area contributed by atoms with Gasteiger partial charge < -0.3 is 9.47 Å². The van der Waals surface area contributed by atoms with Crippen molar-refractivity contribution in [3.63, 3.8) is 0 Å². The van der Waals surface area contributed by atoms with Crippen molar-refractivity contribution in [1.82, 2.24) is 9.29 Å². The molecule has 6 nitrogen and oxygen atoms in total. The minimum absolute atomic E-state index is 0.132. The number of thiazole rings is 1. The number of benzene rings is 1. The number of sulfonamides is 1. The minimum Gasteiger partial charge on any atom is -0.350 e. The first-order chi connectivity index (χ1) is 12.5. The van der Waals surface area contributed by atoms with E-state index >= 15 is 0 Å². The summed E-state index contributed by atoms with van der Waals surface area (Å²) in [5, 5.41) is 2.47. The lowest BCUT2D eigenvalue weighted by molar-refractivity contribution is -0.0938. The number of ether oxygens (including phenoxy) is 2. The zero-order valence-electron chi connectivity index (χ0n) is 14.0. The van der Waals surface area contributed by atoms with Gasteiger partial charge >= 0.3 is 0 Å². The Morgan fingerprint density at radius 2 is 1.77 bits per heavy atom. The van der Waals surface area contributed by atoms with Gasteiger partial charge in [-0.15, -0.1) is 11.3 Å². The summed E-state index contributed by atoms with van der Waals surface area (Å²) in [5.74, 6) is 0.262. The average Bonchev–Trinajstić information content (AvgIpc) is 3.35. The molecule has 0 radical (unpaired) electrons. The Morgan fingerprint density at radius 3 is 2.42 bits per heavy atom. The lowest BCUT2D eigenvalue weighted by Gasteiger charge is -2.32. The second kappa shape index (κ2) is 7.65. The molecule has 0 aliphatic carbocycles. The topological polar surface area (TPSA) is 68.7 Å². The molecule has 1 aromatic carbocycles. The second-order valence-corrected chi connectivity index (χ2v) is 10.0. The van der Waals surface area contributed by atoms with E-state index in [2.05, 4.69) is 20.9 Å². The van der Waals surface area contributed by atoms with Crippen LogP contribution in [-0.2, 0) is 19.5 Å². The van der Waals surface area contributed by atoms with Crippen LogP contribution in [0.15, 0.2) is 39.1 Å². The predicted octanol–water partition coefficient (Wildman–Crippen LogP) is 3.35. The summed E-state index contributed by atoms with van der Waals surface area (Å²) >= 11 is 4.75. The van der Waals surface area contributed by atoms with Gasteiger partial charge in [0.1, 0.15) is 5.01 Å². The third-order valence-corrected chi connectivity index (χ3v) is 8.06. The van der Waals surface area contributed by atoms with E-state index in [1.54, 1.807) is 5.38 Å². The van der Waals surface area contributed by atoms with Gasteiger partial charge in [0.05, 0.1) is 13.2 Å². The molecule has 3 heterocycles. The van der Waals surface area contributed by atoms with Crippen molar-refractivity contribution in [2.75, 3.05) is 26.3 Å². The van der Waals surface area contributed by atoms with E-state index in [-0.39, 0.29) is 17.2 Å². The maximum Gasteiger partial charge on any atom is 0.261 e. The second-order valence-electron chi connectivity index (χ2n) is 6.35. The number of hydrogen-bond donors (Lipinski definition) is 0. The number of rotatable bonds is 4. The van der Waals surface area contributed by atoms with E-state index in [4.69, 9.17) is 9.47 Å². The van der Waals surface area contributed by atoms with Gasteiger partial charge in [0.25, 0.3) is 10.0 Å². The van der Waals surface area contributed by atoms with Gasteiger partial charge in [-0.25, -0.2) is 13.4 Å². The summed E-state index contributed by atoms with van der Waals surface area (Å²) in [4.78, 5) is 4.38. The van der Waals surface area contributed by atoms with Crippen molar-refractivity contribution in [3.8, 4) is 10.6 Å². The Kier molecular flexibility index (Phi) is 5.45. The first-order valence-electron chi connectivity index (χ1n) is 8.49. The first kappa shape index (κ1) is 18.5. The average molecular weight is 459 g/mol. The highest BCUT2D eigenvalue weighted by Gasteiger charge is 2.35.